The summed E-state index contributed by atoms with van der Waals surface area (Å²) in [6, 6.07) is 15.4. The predicted molar refractivity (Wildman–Crippen MR) is 117 cm³/mol. The van der Waals surface area contributed by atoms with Crippen LogP contribution < -0.4 is 14.4 Å². The highest BCUT2D eigenvalue weighted by Gasteiger charge is 2.24. The first kappa shape index (κ1) is 18.5. The van der Waals surface area contributed by atoms with Crippen molar-refractivity contribution in [3.05, 3.63) is 59.1 Å². The van der Waals surface area contributed by atoms with Crippen molar-refractivity contribution in [2.24, 2.45) is 0 Å². The van der Waals surface area contributed by atoms with Gasteiger partial charge in [-0.05, 0) is 44.2 Å². The quantitative estimate of drug-likeness (QED) is 0.634. The zero-order valence-electron chi connectivity index (χ0n) is 16.8. The topological polar surface area (TPSA) is 37.8 Å². The maximum absolute atomic E-state index is 5.50. The molecule has 0 aliphatic carbocycles. The molecule has 3 heterocycles. The first-order valence-electron chi connectivity index (χ1n) is 10.1. The average Bonchev–Trinajstić information content (AvgIpc) is 3.38. The minimum Gasteiger partial charge on any atom is -0.454 e. The Morgan fingerprint density at radius 3 is 2.72 bits per heavy atom. The number of hydrogen-bond donors (Lipinski definition) is 0. The van der Waals surface area contributed by atoms with E-state index in [0.29, 0.717) is 12.8 Å². The second-order valence-corrected chi connectivity index (χ2v) is 8.68. The van der Waals surface area contributed by atoms with Gasteiger partial charge in [-0.1, -0.05) is 17.7 Å². The summed E-state index contributed by atoms with van der Waals surface area (Å²) >= 11 is 1.69. The minimum atomic E-state index is 0.300. The Bertz CT molecular complexity index is 1000. The number of anilines is 1. The van der Waals surface area contributed by atoms with Crippen molar-refractivity contribution in [1.29, 1.82) is 0 Å². The molecule has 1 saturated heterocycles. The molecule has 5 nitrogen and oxygen atoms in total. The van der Waals surface area contributed by atoms with Crippen LogP contribution in [0.2, 0.25) is 0 Å². The highest BCUT2D eigenvalue weighted by atomic mass is 32.1. The highest BCUT2D eigenvalue weighted by molar-refractivity contribution is 7.13. The molecule has 1 aromatic heterocycles. The van der Waals surface area contributed by atoms with Crippen LogP contribution in [0, 0.1) is 6.92 Å². The summed E-state index contributed by atoms with van der Waals surface area (Å²) in [7, 11) is 0. The number of rotatable bonds is 4. The Kier molecular flexibility index (Phi) is 4.89. The number of thiazole rings is 1. The Morgan fingerprint density at radius 2 is 1.90 bits per heavy atom. The fourth-order valence-electron chi connectivity index (χ4n) is 4.07. The number of nitrogens with zero attached hydrogens (tertiary/aromatic N) is 3. The molecule has 1 atom stereocenters. The normalized spacial score (nSPS) is 19.0. The lowest BCUT2D eigenvalue weighted by Gasteiger charge is -2.41. The summed E-state index contributed by atoms with van der Waals surface area (Å²) in [4.78, 5) is 9.90. The number of ether oxygens (including phenoxy) is 2. The second kappa shape index (κ2) is 7.69. The summed E-state index contributed by atoms with van der Waals surface area (Å²) in [6.45, 7) is 8.78. The van der Waals surface area contributed by atoms with Gasteiger partial charge in [0.15, 0.2) is 11.5 Å². The Morgan fingerprint density at radius 1 is 1.07 bits per heavy atom. The first-order valence-corrected chi connectivity index (χ1v) is 10.9. The number of aryl methyl sites for hydroxylation is 1. The predicted octanol–water partition coefficient (Wildman–Crippen LogP) is 4.56. The molecule has 2 aromatic carbocycles. The van der Waals surface area contributed by atoms with Gasteiger partial charge in [-0.2, -0.15) is 0 Å². The second-order valence-electron chi connectivity index (χ2n) is 7.83. The number of piperazine rings is 1. The number of aromatic nitrogens is 1. The smallest absolute Gasteiger partial charge is 0.231 e. The standard InChI is InChI=1S/C23H25N3O2S/c1-16-3-6-20(7-4-16)26-10-9-25(12-17(26)2)13-19-14-29-23(24-19)18-5-8-21-22(11-18)28-15-27-21/h3-8,11,14,17H,9-10,12-13,15H2,1-2H3/t17-/m1/s1. The van der Waals surface area contributed by atoms with E-state index in [0.717, 1.165) is 53.9 Å². The minimum absolute atomic E-state index is 0.300. The molecule has 0 radical (unpaired) electrons. The molecule has 6 heteroatoms. The van der Waals surface area contributed by atoms with E-state index in [9.17, 15) is 0 Å². The van der Waals surface area contributed by atoms with Crippen molar-refractivity contribution in [3.8, 4) is 22.1 Å². The van der Waals surface area contributed by atoms with Gasteiger partial charge in [0, 0.05) is 48.9 Å². The molecule has 2 aliphatic heterocycles. The molecule has 1 fully saturated rings. The molecule has 0 spiro atoms. The monoisotopic (exact) mass is 407 g/mol. The van der Waals surface area contributed by atoms with Gasteiger partial charge < -0.3 is 14.4 Å². The van der Waals surface area contributed by atoms with Gasteiger partial charge in [-0.3, -0.25) is 4.90 Å². The molecular weight excluding hydrogens is 382 g/mol. The molecule has 150 valence electrons. The van der Waals surface area contributed by atoms with Crippen molar-refractivity contribution >= 4 is 17.0 Å². The van der Waals surface area contributed by atoms with E-state index in [-0.39, 0.29) is 0 Å². The van der Waals surface area contributed by atoms with E-state index < -0.39 is 0 Å². The van der Waals surface area contributed by atoms with Crippen LogP contribution in [0.25, 0.3) is 10.6 Å². The number of benzene rings is 2. The third kappa shape index (κ3) is 3.82. The molecule has 29 heavy (non-hydrogen) atoms. The van der Waals surface area contributed by atoms with Gasteiger partial charge in [-0.25, -0.2) is 4.98 Å². The van der Waals surface area contributed by atoms with E-state index in [1.54, 1.807) is 11.3 Å². The van der Waals surface area contributed by atoms with Crippen molar-refractivity contribution in [2.75, 3.05) is 31.3 Å². The largest absolute Gasteiger partial charge is 0.454 e. The number of fused-ring (bicyclic) bond motifs is 1. The zero-order chi connectivity index (χ0) is 19.8. The lowest BCUT2D eigenvalue weighted by atomic mass is 10.1. The lowest BCUT2D eigenvalue weighted by molar-refractivity contribution is 0.174. The summed E-state index contributed by atoms with van der Waals surface area (Å²) in [6.07, 6.45) is 0. The molecule has 0 N–H and O–H groups in total. The van der Waals surface area contributed by atoms with E-state index in [2.05, 4.69) is 59.4 Å². The summed E-state index contributed by atoms with van der Waals surface area (Å²) in [5.74, 6) is 1.62. The van der Waals surface area contributed by atoms with E-state index in [4.69, 9.17) is 14.5 Å². The van der Waals surface area contributed by atoms with Crippen LogP contribution >= 0.6 is 11.3 Å². The van der Waals surface area contributed by atoms with Gasteiger partial charge >= 0.3 is 0 Å². The third-order valence-electron chi connectivity index (χ3n) is 5.63. The van der Waals surface area contributed by atoms with Crippen LogP contribution in [-0.4, -0.2) is 42.4 Å². The maximum Gasteiger partial charge on any atom is 0.231 e. The maximum atomic E-state index is 5.50. The number of hydrogen-bond acceptors (Lipinski definition) is 6. The van der Waals surface area contributed by atoms with Crippen LogP contribution in [0.1, 0.15) is 18.2 Å². The Labute approximate surface area is 175 Å². The van der Waals surface area contributed by atoms with Crippen LogP contribution in [0.5, 0.6) is 11.5 Å². The highest BCUT2D eigenvalue weighted by Crippen LogP contribution is 2.36. The summed E-state index contributed by atoms with van der Waals surface area (Å²) < 4.78 is 10.9. The molecule has 2 aliphatic rings. The molecule has 0 bridgehead atoms. The fraction of sp³-hybridized carbons (Fsp3) is 0.348. The Hall–Kier alpha value is -2.57. The Balaban J connectivity index is 1.23. The van der Waals surface area contributed by atoms with Gasteiger partial charge in [0.2, 0.25) is 6.79 Å². The third-order valence-corrected chi connectivity index (χ3v) is 6.57. The fourth-order valence-corrected chi connectivity index (χ4v) is 4.88. The van der Waals surface area contributed by atoms with Crippen molar-refractivity contribution in [2.45, 2.75) is 26.4 Å². The SMILES string of the molecule is Cc1ccc(N2CCN(Cc3csc(-c4ccc5c(c4)OCO5)n3)C[C@H]2C)cc1. The van der Waals surface area contributed by atoms with Crippen LogP contribution in [0.4, 0.5) is 5.69 Å². The van der Waals surface area contributed by atoms with Crippen molar-refractivity contribution in [3.63, 3.8) is 0 Å². The van der Waals surface area contributed by atoms with Gasteiger partial charge in [0.1, 0.15) is 5.01 Å². The van der Waals surface area contributed by atoms with E-state index in [1.165, 1.54) is 11.3 Å². The van der Waals surface area contributed by atoms with Crippen LogP contribution in [-0.2, 0) is 6.54 Å². The molecule has 0 amide bonds. The molecule has 0 saturated carbocycles. The average molecular weight is 408 g/mol. The van der Waals surface area contributed by atoms with Crippen LogP contribution in [0.3, 0.4) is 0 Å². The van der Waals surface area contributed by atoms with Gasteiger partial charge in [-0.15, -0.1) is 11.3 Å². The van der Waals surface area contributed by atoms with Crippen molar-refractivity contribution in [1.82, 2.24) is 9.88 Å². The zero-order valence-corrected chi connectivity index (χ0v) is 17.6. The van der Waals surface area contributed by atoms with E-state index >= 15 is 0 Å². The molecule has 0 unspecified atom stereocenters. The summed E-state index contributed by atoms with van der Waals surface area (Å²) in [5, 5.41) is 3.21. The lowest BCUT2D eigenvalue weighted by Crippen LogP contribution is -2.51. The molecule has 5 rings (SSSR count). The molecular formula is C23H25N3O2S. The van der Waals surface area contributed by atoms with Crippen LogP contribution in [0.15, 0.2) is 47.8 Å². The summed E-state index contributed by atoms with van der Waals surface area (Å²) in [5.41, 5.74) is 4.85. The van der Waals surface area contributed by atoms with Gasteiger partial charge in [0.25, 0.3) is 0 Å². The van der Waals surface area contributed by atoms with Crippen molar-refractivity contribution < 1.29 is 9.47 Å². The van der Waals surface area contributed by atoms with E-state index in [1.807, 2.05) is 12.1 Å². The first-order chi connectivity index (χ1) is 14.2. The van der Waals surface area contributed by atoms with Gasteiger partial charge in [0.05, 0.1) is 5.69 Å². The molecule has 3 aromatic rings.